The van der Waals surface area contributed by atoms with Gasteiger partial charge in [0.05, 0.1) is 32.5 Å². The number of carbonyl (C=O) groups excluding carboxylic acids is 2. The van der Waals surface area contributed by atoms with Gasteiger partial charge in [-0.25, -0.2) is 9.59 Å². The third-order valence-corrected chi connectivity index (χ3v) is 4.19. The molecule has 0 aliphatic heterocycles. The van der Waals surface area contributed by atoms with E-state index in [1.165, 1.54) is 32.4 Å². The summed E-state index contributed by atoms with van der Waals surface area (Å²) in [5, 5.41) is 0. The first kappa shape index (κ1) is 20.7. The molecule has 154 valence electrons. The summed E-state index contributed by atoms with van der Waals surface area (Å²) < 4.78 is 26.1. The molecule has 0 N–H and O–H groups in total. The van der Waals surface area contributed by atoms with Crippen LogP contribution in [0.2, 0.25) is 0 Å². The van der Waals surface area contributed by atoms with Crippen LogP contribution in [0.4, 0.5) is 0 Å². The van der Waals surface area contributed by atoms with E-state index >= 15 is 0 Å². The zero-order valence-electron chi connectivity index (χ0n) is 16.7. The molecule has 0 bridgehead atoms. The summed E-state index contributed by atoms with van der Waals surface area (Å²) in [6.07, 6.45) is 0. The average Bonchev–Trinajstić information content (AvgIpc) is 2.79. The molecule has 0 spiro atoms. The Hall–Kier alpha value is -4.00. The third kappa shape index (κ3) is 4.88. The lowest BCUT2D eigenvalue weighted by Gasteiger charge is -2.10. The summed E-state index contributed by atoms with van der Waals surface area (Å²) in [6.45, 7) is 0. The van der Waals surface area contributed by atoms with Crippen LogP contribution in [0.1, 0.15) is 20.7 Å². The smallest absolute Gasteiger partial charge is 0.343 e. The van der Waals surface area contributed by atoms with Gasteiger partial charge >= 0.3 is 11.9 Å². The second kappa shape index (κ2) is 9.47. The number of hydrogen-bond donors (Lipinski definition) is 0. The summed E-state index contributed by atoms with van der Waals surface area (Å²) in [5.74, 6) is 1.14. The summed E-state index contributed by atoms with van der Waals surface area (Å²) in [4.78, 5) is 24.6. The van der Waals surface area contributed by atoms with E-state index in [1.807, 2.05) is 0 Å². The van der Waals surface area contributed by atoms with Gasteiger partial charge in [0.2, 0.25) is 0 Å². The van der Waals surface area contributed by atoms with E-state index in [-0.39, 0.29) is 0 Å². The van der Waals surface area contributed by atoms with Crippen LogP contribution in [-0.4, -0.2) is 33.3 Å². The fourth-order valence-corrected chi connectivity index (χ4v) is 2.60. The predicted octanol–water partition coefficient (Wildman–Crippen LogP) is 4.15. The van der Waals surface area contributed by atoms with E-state index in [1.54, 1.807) is 55.6 Å². The Bertz CT molecular complexity index is 1020. The molecule has 0 amide bonds. The van der Waals surface area contributed by atoms with Gasteiger partial charge in [-0.1, -0.05) is 0 Å². The number of methoxy groups -OCH3 is 3. The largest absolute Gasteiger partial charge is 0.497 e. The number of benzene rings is 3. The Morgan fingerprint density at radius 2 is 1.00 bits per heavy atom. The zero-order valence-corrected chi connectivity index (χ0v) is 16.7. The van der Waals surface area contributed by atoms with Crippen molar-refractivity contribution in [3.05, 3.63) is 77.9 Å². The van der Waals surface area contributed by atoms with Gasteiger partial charge in [-0.2, -0.15) is 0 Å². The Labute approximate surface area is 173 Å². The Morgan fingerprint density at radius 1 is 0.533 bits per heavy atom. The lowest BCUT2D eigenvalue weighted by molar-refractivity contribution is 0.0719. The van der Waals surface area contributed by atoms with Crippen molar-refractivity contribution < 1.29 is 33.3 Å². The van der Waals surface area contributed by atoms with Gasteiger partial charge in [0.25, 0.3) is 0 Å². The van der Waals surface area contributed by atoms with Gasteiger partial charge in [-0.05, 0) is 66.7 Å². The maximum Gasteiger partial charge on any atom is 0.343 e. The highest BCUT2D eigenvalue weighted by molar-refractivity contribution is 5.92. The molecule has 0 saturated heterocycles. The standard InChI is InChI=1S/C23H20O7/c1-26-17-7-4-15(5-8-17)22(24)29-18-9-11-19(12-10-18)30-23(25)16-6-13-20(27-2)21(14-16)28-3/h4-14H,1-3H3. The average molecular weight is 408 g/mol. The van der Waals surface area contributed by atoms with Crippen molar-refractivity contribution in [3.63, 3.8) is 0 Å². The third-order valence-electron chi connectivity index (χ3n) is 4.19. The first-order valence-electron chi connectivity index (χ1n) is 8.94. The first-order valence-corrected chi connectivity index (χ1v) is 8.94. The molecule has 3 aromatic carbocycles. The highest BCUT2D eigenvalue weighted by atomic mass is 16.5. The van der Waals surface area contributed by atoms with Crippen molar-refractivity contribution in [3.8, 4) is 28.7 Å². The molecule has 30 heavy (non-hydrogen) atoms. The molecule has 0 heterocycles. The van der Waals surface area contributed by atoms with E-state index in [0.29, 0.717) is 39.9 Å². The molecule has 3 aromatic rings. The Balaban J connectivity index is 1.63. The Morgan fingerprint density at radius 3 is 1.50 bits per heavy atom. The number of esters is 2. The summed E-state index contributed by atoms with van der Waals surface area (Å²) >= 11 is 0. The number of rotatable bonds is 7. The summed E-state index contributed by atoms with van der Waals surface area (Å²) in [7, 11) is 4.55. The molecule has 0 radical (unpaired) electrons. The van der Waals surface area contributed by atoms with Gasteiger partial charge in [-0.3, -0.25) is 0 Å². The van der Waals surface area contributed by atoms with Gasteiger partial charge in [0.15, 0.2) is 11.5 Å². The van der Waals surface area contributed by atoms with Crippen LogP contribution < -0.4 is 23.7 Å². The highest BCUT2D eigenvalue weighted by Gasteiger charge is 2.14. The number of hydrogen-bond acceptors (Lipinski definition) is 7. The van der Waals surface area contributed by atoms with Crippen molar-refractivity contribution in [2.24, 2.45) is 0 Å². The first-order chi connectivity index (χ1) is 14.5. The van der Waals surface area contributed by atoms with Crippen molar-refractivity contribution in [1.82, 2.24) is 0 Å². The lowest BCUT2D eigenvalue weighted by atomic mass is 10.2. The molecule has 0 fully saturated rings. The topological polar surface area (TPSA) is 80.3 Å². The van der Waals surface area contributed by atoms with Crippen LogP contribution in [0.5, 0.6) is 28.7 Å². The van der Waals surface area contributed by atoms with Crippen LogP contribution in [-0.2, 0) is 0 Å². The van der Waals surface area contributed by atoms with Gasteiger partial charge in [-0.15, -0.1) is 0 Å². The van der Waals surface area contributed by atoms with Crippen LogP contribution in [0, 0.1) is 0 Å². The van der Waals surface area contributed by atoms with Crippen molar-refractivity contribution in [1.29, 1.82) is 0 Å². The summed E-state index contributed by atoms with van der Waals surface area (Å²) in [5.41, 5.74) is 0.697. The molecule has 0 unspecified atom stereocenters. The minimum Gasteiger partial charge on any atom is -0.497 e. The van der Waals surface area contributed by atoms with E-state index in [2.05, 4.69) is 0 Å². The molecule has 3 rings (SSSR count). The van der Waals surface area contributed by atoms with Gasteiger partial charge in [0, 0.05) is 0 Å². The van der Waals surface area contributed by atoms with E-state index in [4.69, 9.17) is 23.7 Å². The van der Waals surface area contributed by atoms with E-state index < -0.39 is 11.9 Å². The molecule has 0 aliphatic rings. The van der Waals surface area contributed by atoms with Crippen molar-refractivity contribution >= 4 is 11.9 Å². The van der Waals surface area contributed by atoms with Crippen LogP contribution >= 0.6 is 0 Å². The lowest BCUT2D eigenvalue weighted by Crippen LogP contribution is -2.10. The molecule has 7 heteroatoms. The van der Waals surface area contributed by atoms with Gasteiger partial charge in [0.1, 0.15) is 17.2 Å². The van der Waals surface area contributed by atoms with Crippen LogP contribution in [0.3, 0.4) is 0 Å². The molecular formula is C23H20O7. The van der Waals surface area contributed by atoms with E-state index in [0.717, 1.165) is 0 Å². The molecule has 7 nitrogen and oxygen atoms in total. The number of carbonyl (C=O) groups is 2. The highest BCUT2D eigenvalue weighted by Crippen LogP contribution is 2.28. The summed E-state index contributed by atoms with van der Waals surface area (Å²) in [6, 6.07) is 17.5. The minimum atomic E-state index is -0.557. The fourth-order valence-electron chi connectivity index (χ4n) is 2.60. The zero-order chi connectivity index (χ0) is 21.5. The second-order valence-corrected chi connectivity index (χ2v) is 6.05. The molecule has 0 aromatic heterocycles. The predicted molar refractivity (Wildman–Crippen MR) is 109 cm³/mol. The molecule has 0 aliphatic carbocycles. The fraction of sp³-hybridized carbons (Fsp3) is 0.130. The van der Waals surface area contributed by atoms with Crippen molar-refractivity contribution in [2.45, 2.75) is 0 Å². The monoisotopic (exact) mass is 408 g/mol. The Kier molecular flexibility index (Phi) is 6.54. The van der Waals surface area contributed by atoms with E-state index in [9.17, 15) is 9.59 Å². The normalized spacial score (nSPS) is 10.1. The van der Waals surface area contributed by atoms with Gasteiger partial charge < -0.3 is 23.7 Å². The van der Waals surface area contributed by atoms with Crippen molar-refractivity contribution in [2.75, 3.05) is 21.3 Å². The molecule has 0 atom stereocenters. The maximum atomic E-state index is 12.4. The molecular weight excluding hydrogens is 388 g/mol. The quantitative estimate of drug-likeness (QED) is 0.429. The minimum absolute atomic E-state index is 0.305. The second-order valence-electron chi connectivity index (χ2n) is 6.05. The maximum absolute atomic E-state index is 12.4. The SMILES string of the molecule is COc1ccc(C(=O)Oc2ccc(OC(=O)c3ccc(OC)c(OC)c3)cc2)cc1. The van der Waals surface area contributed by atoms with Crippen LogP contribution in [0.25, 0.3) is 0 Å². The van der Waals surface area contributed by atoms with Crippen LogP contribution in [0.15, 0.2) is 66.7 Å². The molecule has 0 saturated carbocycles. The number of ether oxygens (including phenoxy) is 5.